The molecule has 1 amide bonds. The van der Waals surface area contributed by atoms with Crippen LogP contribution in [0.5, 0.6) is 0 Å². The highest BCUT2D eigenvalue weighted by Crippen LogP contribution is 2.40. The van der Waals surface area contributed by atoms with Gasteiger partial charge < -0.3 is 20.5 Å². The molecule has 0 spiro atoms. The van der Waals surface area contributed by atoms with E-state index < -0.39 is 11.9 Å². The summed E-state index contributed by atoms with van der Waals surface area (Å²) in [6.07, 6.45) is 14.0. The van der Waals surface area contributed by atoms with Crippen molar-refractivity contribution in [3.05, 3.63) is 53.8 Å². The lowest BCUT2D eigenvalue weighted by Gasteiger charge is -2.39. The smallest absolute Gasteiger partial charge is 0.328 e. The first-order valence-electron chi connectivity index (χ1n) is 12.3. The van der Waals surface area contributed by atoms with Gasteiger partial charge in [0.1, 0.15) is 0 Å². The summed E-state index contributed by atoms with van der Waals surface area (Å²) in [4.78, 5) is 37.9. The summed E-state index contributed by atoms with van der Waals surface area (Å²) in [7, 11) is 2.17. The number of benzene rings is 1. The van der Waals surface area contributed by atoms with Crippen molar-refractivity contribution >= 4 is 34.3 Å². The van der Waals surface area contributed by atoms with E-state index in [-0.39, 0.29) is 11.8 Å². The van der Waals surface area contributed by atoms with Gasteiger partial charge in [-0.05, 0) is 49.1 Å². The molecule has 8 heteroatoms. The van der Waals surface area contributed by atoms with Gasteiger partial charge in [0.2, 0.25) is 5.91 Å². The number of hydrogen-bond acceptors (Lipinski definition) is 4. The highest BCUT2D eigenvalue weighted by molar-refractivity contribution is 5.99. The van der Waals surface area contributed by atoms with Gasteiger partial charge in [0, 0.05) is 47.9 Å². The summed E-state index contributed by atoms with van der Waals surface area (Å²) in [5.74, 6) is -2.35. The third-order valence-corrected chi connectivity index (χ3v) is 7.18. The van der Waals surface area contributed by atoms with Crippen molar-refractivity contribution < 1.29 is 24.6 Å². The maximum absolute atomic E-state index is 13.0. The molecule has 1 fully saturated rings. The molecule has 8 nitrogen and oxygen atoms in total. The van der Waals surface area contributed by atoms with E-state index in [0.717, 1.165) is 25.8 Å². The van der Waals surface area contributed by atoms with Gasteiger partial charge >= 0.3 is 11.9 Å². The quantitative estimate of drug-likeness (QED) is 0.393. The number of H-pyrrole nitrogens is 1. The molecule has 2 aliphatic carbocycles. The zero-order valence-corrected chi connectivity index (χ0v) is 20.0. The number of nitrogens with one attached hydrogen (secondary N) is 2. The molecule has 2 aromatic rings. The molecule has 2 heterocycles. The maximum Gasteiger partial charge on any atom is 0.328 e. The van der Waals surface area contributed by atoms with Crippen molar-refractivity contribution in [2.24, 2.45) is 5.92 Å². The minimum absolute atomic E-state index is 0.0553. The predicted octanol–water partition coefficient (Wildman–Crippen LogP) is 3.59. The lowest BCUT2D eigenvalue weighted by Crippen LogP contribution is -2.48. The zero-order chi connectivity index (χ0) is 24.9. The largest absolute Gasteiger partial charge is 0.478 e. The Labute approximate surface area is 204 Å². The SMILES string of the molecule is CN1C[C@H](C(=O)NC2CCCCCC2)C=C2c3cccc4[nH]cc(c34)C[C@H]21.O=C(O)/C=C/C(=O)O. The molecule has 1 aromatic heterocycles. The third-order valence-electron chi connectivity index (χ3n) is 7.18. The first-order chi connectivity index (χ1) is 16.8. The molecular formula is C27H33N3O5. The van der Waals surface area contributed by atoms with Crippen LogP contribution in [0.4, 0.5) is 0 Å². The van der Waals surface area contributed by atoms with Crippen LogP contribution in [-0.2, 0) is 20.8 Å². The van der Waals surface area contributed by atoms with Gasteiger partial charge in [0.25, 0.3) is 0 Å². The van der Waals surface area contributed by atoms with E-state index in [2.05, 4.69) is 52.7 Å². The van der Waals surface area contributed by atoms with Crippen LogP contribution >= 0.6 is 0 Å². The Balaban J connectivity index is 0.000000314. The van der Waals surface area contributed by atoms with Crippen LogP contribution in [0.1, 0.15) is 49.7 Å². The molecule has 186 valence electrons. The summed E-state index contributed by atoms with van der Waals surface area (Å²) < 4.78 is 0. The second-order valence-corrected chi connectivity index (χ2v) is 9.64. The fourth-order valence-electron chi connectivity index (χ4n) is 5.49. The molecule has 4 N–H and O–H groups in total. The Bertz CT molecular complexity index is 1140. The molecule has 1 aliphatic heterocycles. The van der Waals surface area contributed by atoms with Crippen LogP contribution in [0.15, 0.2) is 42.6 Å². The average molecular weight is 480 g/mol. The number of amides is 1. The Morgan fingerprint density at radius 2 is 1.74 bits per heavy atom. The van der Waals surface area contributed by atoms with Crippen LogP contribution in [0.3, 0.4) is 0 Å². The monoisotopic (exact) mass is 479 g/mol. The van der Waals surface area contributed by atoms with E-state index in [4.69, 9.17) is 10.2 Å². The number of carbonyl (C=O) groups is 3. The number of rotatable bonds is 4. The number of carboxylic acids is 2. The zero-order valence-electron chi connectivity index (χ0n) is 20.0. The van der Waals surface area contributed by atoms with Crippen LogP contribution in [0.2, 0.25) is 0 Å². The van der Waals surface area contributed by atoms with E-state index in [0.29, 0.717) is 24.2 Å². The molecule has 35 heavy (non-hydrogen) atoms. The number of likely N-dealkylation sites (N-methyl/N-ethyl adjacent to an activating group) is 1. The Morgan fingerprint density at radius 1 is 1.06 bits per heavy atom. The topological polar surface area (TPSA) is 123 Å². The number of aliphatic carboxylic acids is 2. The Morgan fingerprint density at radius 3 is 2.40 bits per heavy atom. The first-order valence-corrected chi connectivity index (χ1v) is 12.3. The molecular weight excluding hydrogens is 446 g/mol. The molecule has 0 bridgehead atoms. The van der Waals surface area contributed by atoms with Crippen LogP contribution < -0.4 is 5.32 Å². The number of carboxylic acid groups (broad SMARTS) is 2. The standard InChI is InChI=1S/C23H29N3O.C4H4O4/c1-26-14-16(23(27)25-17-7-4-2-3-5-8-17)11-19-18-9-6-10-20-22(18)15(13-24-20)12-21(19)26;5-3(6)1-2-4(7)8/h6,9-11,13,16-17,21,24H,2-5,7-8,12,14H2,1H3,(H,25,27);1-2H,(H,5,6)(H,7,8)/b;2-1+/t16-,21-;/m1./s1. The van der Waals surface area contributed by atoms with Crippen molar-refractivity contribution in [1.29, 1.82) is 0 Å². The second kappa shape index (κ2) is 10.9. The van der Waals surface area contributed by atoms with Crippen LogP contribution in [-0.4, -0.2) is 63.6 Å². The molecule has 0 unspecified atom stereocenters. The van der Waals surface area contributed by atoms with Crippen LogP contribution in [0, 0.1) is 5.92 Å². The summed E-state index contributed by atoms with van der Waals surface area (Å²) in [5.41, 5.74) is 5.24. The summed E-state index contributed by atoms with van der Waals surface area (Å²) >= 11 is 0. The van der Waals surface area contributed by atoms with Crippen molar-refractivity contribution in [3.63, 3.8) is 0 Å². The minimum Gasteiger partial charge on any atom is -0.478 e. The van der Waals surface area contributed by atoms with Crippen molar-refractivity contribution in [1.82, 2.24) is 15.2 Å². The van der Waals surface area contributed by atoms with Gasteiger partial charge in [-0.25, -0.2) is 9.59 Å². The van der Waals surface area contributed by atoms with Gasteiger partial charge in [-0.1, -0.05) is 43.9 Å². The lowest BCUT2D eigenvalue weighted by molar-refractivity contribution is -0.134. The maximum atomic E-state index is 13.0. The fourth-order valence-corrected chi connectivity index (χ4v) is 5.49. The molecule has 5 rings (SSSR count). The van der Waals surface area contributed by atoms with Gasteiger partial charge in [0.15, 0.2) is 0 Å². The van der Waals surface area contributed by atoms with E-state index in [1.807, 2.05) is 0 Å². The normalized spacial score (nSPS) is 22.5. The molecule has 0 radical (unpaired) electrons. The van der Waals surface area contributed by atoms with Gasteiger partial charge in [-0.15, -0.1) is 0 Å². The Hall–Kier alpha value is -3.39. The van der Waals surface area contributed by atoms with Gasteiger partial charge in [0.05, 0.1) is 5.92 Å². The molecule has 2 atom stereocenters. The number of carbonyl (C=O) groups excluding carboxylic acids is 1. The number of hydrogen-bond donors (Lipinski definition) is 4. The Kier molecular flexibility index (Phi) is 7.70. The highest BCUT2D eigenvalue weighted by atomic mass is 16.4. The van der Waals surface area contributed by atoms with Crippen molar-refractivity contribution in [2.75, 3.05) is 13.6 Å². The average Bonchev–Trinajstić information content (AvgIpc) is 3.07. The van der Waals surface area contributed by atoms with E-state index >= 15 is 0 Å². The number of aromatic nitrogens is 1. The number of fused-ring (bicyclic) bond motifs is 2. The molecule has 0 saturated heterocycles. The third kappa shape index (κ3) is 5.82. The lowest BCUT2D eigenvalue weighted by atomic mass is 9.79. The number of aromatic amines is 1. The van der Waals surface area contributed by atoms with Gasteiger partial charge in [-0.2, -0.15) is 0 Å². The summed E-state index contributed by atoms with van der Waals surface area (Å²) in [6, 6.07) is 7.23. The molecule has 1 saturated carbocycles. The fraction of sp³-hybridized carbons (Fsp3) is 0.444. The van der Waals surface area contributed by atoms with Crippen molar-refractivity contribution in [2.45, 2.75) is 57.0 Å². The second-order valence-electron chi connectivity index (χ2n) is 9.64. The van der Waals surface area contributed by atoms with Crippen LogP contribution in [0.25, 0.3) is 16.5 Å². The van der Waals surface area contributed by atoms with E-state index in [1.165, 1.54) is 53.3 Å². The van der Waals surface area contributed by atoms with Crippen molar-refractivity contribution in [3.8, 4) is 0 Å². The highest BCUT2D eigenvalue weighted by Gasteiger charge is 2.36. The van der Waals surface area contributed by atoms with Gasteiger partial charge in [-0.3, -0.25) is 9.69 Å². The predicted molar refractivity (Wildman–Crippen MR) is 134 cm³/mol. The molecule has 1 aromatic carbocycles. The number of nitrogens with zero attached hydrogens (tertiary/aromatic N) is 1. The van der Waals surface area contributed by atoms with E-state index in [9.17, 15) is 14.4 Å². The molecule has 3 aliphatic rings. The summed E-state index contributed by atoms with van der Waals surface area (Å²) in [5, 5.41) is 20.3. The first kappa shape index (κ1) is 24.7. The minimum atomic E-state index is -1.26. The van der Waals surface area contributed by atoms with E-state index in [1.54, 1.807) is 0 Å². The summed E-state index contributed by atoms with van der Waals surface area (Å²) in [6.45, 7) is 0.808.